The lowest BCUT2D eigenvalue weighted by Crippen LogP contribution is -2.51. The number of aromatic nitrogens is 2. The average Bonchev–Trinajstić information content (AvgIpc) is 3.14. The van der Waals surface area contributed by atoms with Crippen molar-refractivity contribution in [3.63, 3.8) is 0 Å². The highest BCUT2D eigenvalue weighted by Gasteiger charge is 2.39. The Morgan fingerprint density at radius 1 is 1.19 bits per heavy atom. The molecule has 6 heteroatoms. The number of amides is 1. The topological polar surface area (TPSA) is 50.6 Å². The third-order valence-electron chi connectivity index (χ3n) is 5.55. The zero-order valence-corrected chi connectivity index (χ0v) is 15.3. The standard InChI is InChI=1S/C20H26N4O2/c1-22-16-20(26-14-7-19(22)25)8-12-23(13-9-20)15-17-3-5-18(6-4-17)24-11-2-10-21-24/h2-6,10-11H,7-9,12-16H2,1H3. The molecule has 2 aliphatic rings. The van der Waals surface area contributed by atoms with Gasteiger partial charge in [-0.25, -0.2) is 4.68 Å². The summed E-state index contributed by atoms with van der Waals surface area (Å²) < 4.78 is 8.00. The summed E-state index contributed by atoms with van der Waals surface area (Å²) in [7, 11) is 1.90. The highest BCUT2D eigenvalue weighted by molar-refractivity contribution is 5.76. The van der Waals surface area contributed by atoms with E-state index in [1.54, 1.807) is 6.20 Å². The van der Waals surface area contributed by atoms with Crippen LogP contribution in [0.4, 0.5) is 0 Å². The number of piperidine rings is 1. The maximum Gasteiger partial charge on any atom is 0.224 e. The summed E-state index contributed by atoms with van der Waals surface area (Å²) in [6.45, 7) is 4.23. The molecule has 0 bridgehead atoms. The van der Waals surface area contributed by atoms with E-state index in [-0.39, 0.29) is 11.5 Å². The molecule has 1 amide bonds. The van der Waals surface area contributed by atoms with Crippen LogP contribution in [0, 0.1) is 0 Å². The van der Waals surface area contributed by atoms with Gasteiger partial charge in [0.1, 0.15) is 0 Å². The number of hydrogen-bond donors (Lipinski definition) is 0. The van der Waals surface area contributed by atoms with Gasteiger partial charge in [0.05, 0.1) is 24.3 Å². The second kappa shape index (κ2) is 7.21. The Labute approximate surface area is 154 Å². The molecule has 138 valence electrons. The van der Waals surface area contributed by atoms with Crippen molar-refractivity contribution in [2.45, 2.75) is 31.4 Å². The molecule has 0 N–H and O–H groups in total. The first-order chi connectivity index (χ1) is 12.6. The minimum atomic E-state index is -0.151. The lowest BCUT2D eigenvalue weighted by atomic mass is 9.90. The molecule has 6 nitrogen and oxygen atoms in total. The molecule has 1 spiro atoms. The van der Waals surface area contributed by atoms with Gasteiger partial charge in [-0.2, -0.15) is 5.10 Å². The molecule has 2 fully saturated rings. The van der Waals surface area contributed by atoms with Crippen LogP contribution in [0.15, 0.2) is 42.7 Å². The van der Waals surface area contributed by atoms with E-state index in [9.17, 15) is 4.79 Å². The molecule has 0 aliphatic carbocycles. The van der Waals surface area contributed by atoms with E-state index in [0.717, 1.165) is 44.7 Å². The Bertz CT molecular complexity index is 734. The summed E-state index contributed by atoms with van der Waals surface area (Å²) >= 11 is 0. The van der Waals surface area contributed by atoms with E-state index in [1.165, 1.54) is 5.56 Å². The zero-order valence-electron chi connectivity index (χ0n) is 15.3. The van der Waals surface area contributed by atoms with Crippen LogP contribution in [0.1, 0.15) is 24.8 Å². The van der Waals surface area contributed by atoms with Crippen LogP contribution >= 0.6 is 0 Å². The van der Waals surface area contributed by atoms with E-state index in [1.807, 2.05) is 28.9 Å². The van der Waals surface area contributed by atoms with Gasteiger partial charge in [0, 0.05) is 45.6 Å². The first-order valence-corrected chi connectivity index (χ1v) is 9.33. The van der Waals surface area contributed by atoms with Crippen LogP contribution in [-0.4, -0.2) is 64.4 Å². The van der Waals surface area contributed by atoms with Crippen LogP contribution in [0.3, 0.4) is 0 Å². The van der Waals surface area contributed by atoms with E-state index >= 15 is 0 Å². The van der Waals surface area contributed by atoms with Gasteiger partial charge < -0.3 is 9.64 Å². The maximum absolute atomic E-state index is 11.9. The number of nitrogens with zero attached hydrogens (tertiary/aromatic N) is 4. The van der Waals surface area contributed by atoms with Gasteiger partial charge in [-0.05, 0) is 36.6 Å². The van der Waals surface area contributed by atoms with Crippen molar-refractivity contribution in [2.24, 2.45) is 0 Å². The molecule has 4 rings (SSSR count). The summed E-state index contributed by atoms with van der Waals surface area (Å²) in [6, 6.07) is 10.5. The predicted molar refractivity (Wildman–Crippen MR) is 99.0 cm³/mol. The first kappa shape index (κ1) is 17.2. The largest absolute Gasteiger partial charge is 0.373 e. The molecule has 1 aromatic heterocycles. The van der Waals surface area contributed by atoms with Crippen molar-refractivity contribution >= 4 is 5.91 Å². The number of likely N-dealkylation sites (tertiary alicyclic amines) is 1. The minimum Gasteiger partial charge on any atom is -0.373 e. The summed E-state index contributed by atoms with van der Waals surface area (Å²) in [6.07, 6.45) is 6.21. The Morgan fingerprint density at radius 3 is 2.65 bits per heavy atom. The lowest BCUT2D eigenvalue weighted by molar-refractivity contribution is -0.130. The second-order valence-corrected chi connectivity index (χ2v) is 7.42. The van der Waals surface area contributed by atoms with Crippen LogP contribution in [0.5, 0.6) is 0 Å². The normalized spacial score (nSPS) is 21.1. The monoisotopic (exact) mass is 354 g/mol. The van der Waals surface area contributed by atoms with Gasteiger partial charge in [-0.1, -0.05) is 12.1 Å². The van der Waals surface area contributed by atoms with Crippen LogP contribution in [0.2, 0.25) is 0 Å². The van der Waals surface area contributed by atoms with Crippen LogP contribution in [0.25, 0.3) is 5.69 Å². The smallest absolute Gasteiger partial charge is 0.224 e. The van der Waals surface area contributed by atoms with E-state index in [4.69, 9.17) is 4.74 Å². The molecule has 1 aromatic carbocycles. The number of hydrogen-bond acceptors (Lipinski definition) is 4. The van der Waals surface area contributed by atoms with Gasteiger partial charge in [0.15, 0.2) is 0 Å². The number of carbonyl (C=O) groups excluding carboxylic acids is 1. The third kappa shape index (κ3) is 3.66. The predicted octanol–water partition coefficient (Wildman–Crippen LogP) is 2.09. The second-order valence-electron chi connectivity index (χ2n) is 7.42. The summed E-state index contributed by atoms with van der Waals surface area (Å²) in [5, 5.41) is 4.26. The summed E-state index contributed by atoms with van der Waals surface area (Å²) in [5.74, 6) is 0.196. The van der Waals surface area contributed by atoms with Crippen molar-refractivity contribution < 1.29 is 9.53 Å². The molecule has 2 aliphatic heterocycles. The molecule has 0 unspecified atom stereocenters. The molecule has 2 aromatic rings. The number of ether oxygens (including phenoxy) is 1. The Morgan fingerprint density at radius 2 is 1.96 bits per heavy atom. The first-order valence-electron chi connectivity index (χ1n) is 9.33. The molecular weight excluding hydrogens is 328 g/mol. The molecule has 0 saturated carbocycles. The molecule has 26 heavy (non-hydrogen) atoms. The van der Waals surface area contributed by atoms with Gasteiger partial charge in [0.25, 0.3) is 0 Å². The fraction of sp³-hybridized carbons (Fsp3) is 0.500. The van der Waals surface area contributed by atoms with E-state index in [0.29, 0.717) is 13.0 Å². The SMILES string of the molecule is CN1CC2(CCN(Cc3ccc(-n4cccn4)cc3)CC2)OCCC1=O. The Hall–Kier alpha value is -2.18. The van der Waals surface area contributed by atoms with Crippen molar-refractivity contribution in [2.75, 3.05) is 33.3 Å². The third-order valence-corrected chi connectivity index (χ3v) is 5.55. The van der Waals surface area contributed by atoms with Gasteiger partial charge in [-0.3, -0.25) is 9.69 Å². The van der Waals surface area contributed by atoms with E-state index in [2.05, 4.69) is 34.3 Å². The zero-order chi connectivity index (χ0) is 18.0. The molecule has 0 radical (unpaired) electrons. The van der Waals surface area contributed by atoms with Crippen LogP contribution in [-0.2, 0) is 16.1 Å². The Kier molecular flexibility index (Phi) is 4.78. The highest BCUT2D eigenvalue weighted by Crippen LogP contribution is 2.30. The fourth-order valence-electron chi connectivity index (χ4n) is 3.97. The summed E-state index contributed by atoms with van der Waals surface area (Å²) in [4.78, 5) is 16.2. The quantitative estimate of drug-likeness (QED) is 0.847. The van der Waals surface area contributed by atoms with Crippen molar-refractivity contribution in [3.8, 4) is 5.69 Å². The van der Waals surface area contributed by atoms with Crippen molar-refractivity contribution in [3.05, 3.63) is 48.3 Å². The number of rotatable bonds is 3. The Balaban J connectivity index is 1.34. The van der Waals surface area contributed by atoms with Gasteiger partial charge >= 0.3 is 0 Å². The highest BCUT2D eigenvalue weighted by atomic mass is 16.5. The number of benzene rings is 1. The molecule has 3 heterocycles. The van der Waals surface area contributed by atoms with Gasteiger partial charge in [0.2, 0.25) is 5.91 Å². The van der Waals surface area contributed by atoms with Crippen LogP contribution < -0.4 is 0 Å². The average molecular weight is 354 g/mol. The van der Waals surface area contributed by atoms with Crippen molar-refractivity contribution in [1.29, 1.82) is 0 Å². The molecule has 0 atom stereocenters. The number of carbonyl (C=O) groups is 1. The van der Waals surface area contributed by atoms with Crippen molar-refractivity contribution in [1.82, 2.24) is 19.6 Å². The molecular formula is C20H26N4O2. The molecule has 2 saturated heterocycles. The minimum absolute atomic E-state index is 0.151. The summed E-state index contributed by atoms with van der Waals surface area (Å²) in [5.41, 5.74) is 2.24. The number of likely N-dealkylation sites (N-methyl/N-ethyl adjacent to an activating group) is 1. The van der Waals surface area contributed by atoms with Gasteiger partial charge in [-0.15, -0.1) is 0 Å². The fourth-order valence-corrected chi connectivity index (χ4v) is 3.97. The lowest BCUT2D eigenvalue weighted by Gasteiger charge is -2.42. The maximum atomic E-state index is 11.9. The van der Waals surface area contributed by atoms with E-state index < -0.39 is 0 Å².